The summed E-state index contributed by atoms with van der Waals surface area (Å²) in [6.45, 7) is 3.60. The molecule has 0 saturated heterocycles. The normalized spacial score (nSPS) is 11.2. The maximum Gasteiger partial charge on any atom is 0.223 e. The van der Waals surface area contributed by atoms with Crippen molar-refractivity contribution in [3.8, 4) is 0 Å². The Labute approximate surface area is 70.6 Å². The third kappa shape index (κ3) is 1.85. The van der Waals surface area contributed by atoms with Crippen molar-refractivity contribution in [3.63, 3.8) is 0 Å². The zero-order valence-corrected chi connectivity index (χ0v) is 6.86. The highest BCUT2D eigenvalue weighted by molar-refractivity contribution is 5.80. The smallest absolute Gasteiger partial charge is 0.223 e. The van der Waals surface area contributed by atoms with E-state index in [1.54, 1.807) is 25.5 Å². The number of hydrogen-bond donors (Lipinski definition) is 2. The Hall–Kier alpha value is -1.78. The van der Waals surface area contributed by atoms with E-state index in [4.69, 9.17) is 5.73 Å². The fraction of sp³-hybridized carbons (Fsp3) is 0.143. The first-order valence-electron chi connectivity index (χ1n) is 3.45. The highest BCUT2D eigenvalue weighted by atomic mass is 15.3. The van der Waals surface area contributed by atoms with Gasteiger partial charge in [0.15, 0.2) is 0 Å². The second-order valence-corrected chi connectivity index (χ2v) is 2.12. The van der Waals surface area contributed by atoms with Gasteiger partial charge in [0.05, 0.1) is 0 Å². The van der Waals surface area contributed by atoms with Crippen molar-refractivity contribution in [2.24, 2.45) is 10.7 Å². The number of rotatable bonds is 2. The van der Waals surface area contributed by atoms with Gasteiger partial charge in [-0.25, -0.2) is 4.68 Å². The molecule has 0 aromatic carbocycles. The van der Waals surface area contributed by atoms with Crippen molar-refractivity contribution >= 4 is 5.96 Å². The molecule has 0 spiro atoms. The van der Waals surface area contributed by atoms with Crippen LogP contribution < -0.4 is 11.1 Å². The van der Waals surface area contributed by atoms with Crippen molar-refractivity contribution in [1.29, 1.82) is 0 Å². The summed E-state index contributed by atoms with van der Waals surface area (Å²) in [4.78, 5) is 3.93. The Morgan fingerprint density at radius 2 is 2.50 bits per heavy atom. The van der Waals surface area contributed by atoms with Crippen LogP contribution in [0.3, 0.4) is 0 Å². The lowest BCUT2D eigenvalue weighted by molar-refractivity contribution is 0.895. The molecule has 64 valence electrons. The van der Waals surface area contributed by atoms with E-state index in [-0.39, 0.29) is 0 Å². The molecule has 0 amide bonds. The quantitative estimate of drug-likeness (QED) is 0.468. The molecule has 1 rings (SSSR count). The molecule has 1 aromatic heterocycles. The lowest BCUT2D eigenvalue weighted by atomic mass is 10.7. The molecule has 0 aliphatic heterocycles. The van der Waals surface area contributed by atoms with E-state index >= 15 is 0 Å². The summed E-state index contributed by atoms with van der Waals surface area (Å²) in [5.41, 5.74) is 5.57. The summed E-state index contributed by atoms with van der Waals surface area (Å²) in [5.74, 6) is 0.794. The van der Waals surface area contributed by atoms with E-state index in [9.17, 15) is 0 Å². The fourth-order valence-electron chi connectivity index (χ4n) is 0.650. The first-order valence-corrected chi connectivity index (χ1v) is 3.45. The minimum atomic E-state index is 0.291. The molecule has 5 nitrogen and oxygen atoms in total. The van der Waals surface area contributed by atoms with Gasteiger partial charge >= 0.3 is 0 Å². The number of nitrogens with one attached hydrogen (secondary N) is 1. The van der Waals surface area contributed by atoms with E-state index in [0.717, 1.165) is 0 Å². The van der Waals surface area contributed by atoms with Crippen molar-refractivity contribution < 1.29 is 0 Å². The first kappa shape index (κ1) is 8.32. The Balaban J connectivity index is 2.77. The number of nitrogens with zero attached hydrogens (tertiary/aromatic N) is 3. The maximum atomic E-state index is 5.57. The molecular formula is C7H11N5. The molecule has 1 heterocycles. The zero-order chi connectivity index (χ0) is 8.97. The second-order valence-electron chi connectivity index (χ2n) is 2.12. The molecule has 0 aliphatic carbocycles. The fourth-order valence-corrected chi connectivity index (χ4v) is 0.650. The minimum absolute atomic E-state index is 0.291. The number of aliphatic imine (C=N–C) groups is 1. The first-order chi connectivity index (χ1) is 5.74. The van der Waals surface area contributed by atoms with Gasteiger partial charge in [-0.15, -0.1) is 0 Å². The van der Waals surface area contributed by atoms with Crippen LogP contribution in [-0.2, 0) is 0 Å². The summed E-state index contributed by atoms with van der Waals surface area (Å²) in [7, 11) is 1.72. The average molecular weight is 165 g/mol. The molecule has 0 fully saturated rings. The highest BCUT2D eigenvalue weighted by Gasteiger charge is 1.94. The zero-order valence-electron chi connectivity index (χ0n) is 6.86. The Bertz CT molecular complexity index is 285. The van der Waals surface area contributed by atoms with Gasteiger partial charge in [-0.05, 0) is 6.07 Å². The minimum Gasteiger partial charge on any atom is -0.374 e. The molecule has 0 saturated carbocycles. The Morgan fingerprint density at radius 1 is 1.75 bits per heavy atom. The molecular weight excluding hydrogens is 154 g/mol. The van der Waals surface area contributed by atoms with Crippen LogP contribution in [0.2, 0.25) is 0 Å². The van der Waals surface area contributed by atoms with Crippen LogP contribution >= 0.6 is 0 Å². The van der Waals surface area contributed by atoms with Crippen LogP contribution in [-0.4, -0.2) is 22.8 Å². The summed E-state index contributed by atoms with van der Waals surface area (Å²) in [5, 5.41) is 6.65. The van der Waals surface area contributed by atoms with E-state index in [1.165, 1.54) is 4.68 Å². The van der Waals surface area contributed by atoms with Crippen LogP contribution in [0.25, 0.3) is 0 Å². The van der Waals surface area contributed by atoms with Gasteiger partial charge in [-0.3, -0.25) is 0 Å². The van der Waals surface area contributed by atoms with E-state index in [0.29, 0.717) is 11.8 Å². The Kier molecular flexibility index (Phi) is 2.47. The van der Waals surface area contributed by atoms with Gasteiger partial charge in [0.1, 0.15) is 5.82 Å². The summed E-state index contributed by atoms with van der Waals surface area (Å²) < 4.78 is 1.46. The monoisotopic (exact) mass is 165 g/mol. The summed E-state index contributed by atoms with van der Waals surface area (Å²) in [6, 6.07) is 1.77. The predicted octanol–water partition coefficient (Wildman–Crippen LogP) is -0.264. The standard InChI is InChI=1S/C7H11N5/c1-6(9-2)11-7(8)12-5-3-4-10-12/h3-5,9H,1H2,2H3,(H2,8,11). The van der Waals surface area contributed by atoms with Gasteiger partial charge in [0.25, 0.3) is 0 Å². The SMILES string of the molecule is C=C(N=C(N)n1cccn1)NC. The van der Waals surface area contributed by atoms with E-state index in [1.807, 2.05) is 0 Å². The van der Waals surface area contributed by atoms with Gasteiger partial charge in [-0.1, -0.05) is 6.58 Å². The van der Waals surface area contributed by atoms with Crippen LogP contribution in [0.1, 0.15) is 0 Å². The highest BCUT2D eigenvalue weighted by Crippen LogP contribution is 1.87. The van der Waals surface area contributed by atoms with Gasteiger partial charge in [0.2, 0.25) is 5.96 Å². The van der Waals surface area contributed by atoms with Crippen LogP contribution in [0.4, 0.5) is 0 Å². The molecule has 1 aromatic rings. The molecule has 5 heteroatoms. The molecule has 0 radical (unpaired) electrons. The molecule has 0 bridgehead atoms. The van der Waals surface area contributed by atoms with Crippen molar-refractivity contribution in [3.05, 3.63) is 30.9 Å². The average Bonchev–Trinajstić information content (AvgIpc) is 2.56. The summed E-state index contributed by atoms with van der Waals surface area (Å²) in [6.07, 6.45) is 3.34. The molecule has 0 atom stereocenters. The van der Waals surface area contributed by atoms with Crippen molar-refractivity contribution in [1.82, 2.24) is 15.1 Å². The van der Waals surface area contributed by atoms with Crippen LogP contribution in [0, 0.1) is 0 Å². The third-order valence-corrected chi connectivity index (χ3v) is 1.28. The second kappa shape index (κ2) is 3.56. The topological polar surface area (TPSA) is 68.2 Å². The molecule has 12 heavy (non-hydrogen) atoms. The number of aromatic nitrogens is 2. The van der Waals surface area contributed by atoms with Crippen LogP contribution in [0.5, 0.6) is 0 Å². The Morgan fingerprint density at radius 3 is 3.00 bits per heavy atom. The largest absolute Gasteiger partial charge is 0.374 e. The summed E-state index contributed by atoms with van der Waals surface area (Å²) >= 11 is 0. The van der Waals surface area contributed by atoms with Crippen molar-refractivity contribution in [2.45, 2.75) is 0 Å². The third-order valence-electron chi connectivity index (χ3n) is 1.28. The van der Waals surface area contributed by atoms with Crippen molar-refractivity contribution in [2.75, 3.05) is 7.05 Å². The molecule has 0 unspecified atom stereocenters. The van der Waals surface area contributed by atoms with Gasteiger partial charge in [0, 0.05) is 19.4 Å². The van der Waals surface area contributed by atoms with Gasteiger partial charge < -0.3 is 11.1 Å². The van der Waals surface area contributed by atoms with E-state index in [2.05, 4.69) is 22.0 Å². The molecule has 0 aliphatic rings. The predicted molar refractivity (Wildman–Crippen MR) is 47.4 cm³/mol. The maximum absolute atomic E-state index is 5.57. The van der Waals surface area contributed by atoms with Crippen LogP contribution in [0.15, 0.2) is 35.9 Å². The lowest BCUT2D eigenvalue weighted by Crippen LogP contribution is -2.24. The number of hydrogen-bond acceptors (Lipinski definition) is 3. The van der Waals surface area contributed by atoms with Gasteiger partial charge in [-0.2, -0.15) is 10.1 Å². The lowest BCUT2D eigenvalue weighted by Gasteiger charge is -2.00. The molecule has 3 N–H and O–H groups in total. The van der Waals surface area contributed by atoms with E-state index < -0.39 is 0 Å². The number of nitrogens with two attached hydrogens (primary N) is 1.